The summed E-state index contributed by atoms with van der Waals surface area (Å²) in [5, 5.41) is 11.2. The first-order chi connectivity index (χ1) is 10.5. The fourth-order valence-corrected chi connectivity index (χ4v) is 3.11. The van der Waals surface area contributed by atoms with Gasteiger partial charge in [-0.3, -0.25) is 9.78 Å². The van der Waals surface area contributed by atoms with Gasteiger partial charge in [-0.2, -0.15) is 4.98 Å². The predicted octanol–water partition coefficient (Wildman–Crippen LogP) is 1.77. The van der Waals surface area contributed by atoms with E-state index >= 15 is 0 Å². The fraction of sp³-hybridized carbons (Fsp3) is 0.214. The Morgan fingerprint density at radius 1 is 1.32 bits per heavy atom. The SMILES string of the molecule is Nc1nc2[nH]c(CCCc3csc(C(=O)O)c3)cc2c(=O)[nH]1. The lowest BCUT2D eigenvalue weighted by Gasteiger charge is -1.97. The number of nitrogen functional groups attached to an aromatic ring is 1. The van der Waals surface area contributed by atoms with Gasteiger partial charge in [0.05, 0.1) is 5.39 Å². The second-order valence-corrected chi connectivity index (χ2v) is 5.90. The second-order valence-electron chi connectivity index (χ2n) is 4.99. The number of nitrogens with zero attached hydrogens (tertiary/aromatic N) is 1. The van der Waals surface area contributed by atoms with E-state index in [-0.39, 0.29) is 11.5 Å². The molecule has 8 heteroatoms. The highest BCUT2D eigenvalue weighted by Crippen LogP contribution is 2.17. The summed E-state index contributed by atoms with van der Waals surface area (Å²) in [5.74, 6) is -0.805. The van der Waals surface area contributed by atoms with E-state index in [1.165, 1.54) is 11.3 Å². The molecule has 3 aromatic heterocycles. The number of H-pyrrole nitrogens is 2. The van der Waals surface area contributed by atoms with Crippen LogP contribution in [-0.4, -0.2) is 26.0 Å². The summed E-state index contributed by atoms with van der Waals surface area (Å²) in [5.41, 5.74) is 7.66. The Bertz CT molecular complexity index is 893. The monoisotopic (exact) mass is 318 g/mol. The molecular formula is C14H14N4O3S. The fourth-order valence-electron chi connectivity index (χ4n) is 2.33. The number of rotatable bonds is 5. The molecule has 0 spiro atoms. The van der Waals surface area contributed by atoms with Crippen LogP contribution in [-0.2, 0) is 12.8 Å². The molecule has 0 aliphatic carbocycles. The molecule has 0 saturated carbocycles. The molecule has 0 radical (unpaired) electrons. The third-order valence-electron chi connectivity index (χ3n) is 3.35. The predicted molar refractivity (Wildman–Crippen MR) is 84.4 cm³/mol. The minimum absolute atomic E-state index is 0.0883. The first-order valence-corrected chi connectivity index (χ1v) is 7.59. The molecule has 0 saturated heterocycles. The van der Waals surface area contributed by atoms with Crippen LogP contribution in [0.2, 0.25) is 0 Å². The third-order valence-corrected chi connectivity index (χ3v) is 4.31. The first-order valence-electron chi connectivity index (χ1n) is 6.71. The summed E-state index contributed by atoms with van der Waals surface area (Å²) >= 11 is 1.23. The van der Waals surface area contributed by atoms with Gasteiger partial charge in [0.25, 0.3) is 5.56 Å². The summed E-state index contributed by atoms with van der Waals surface area (Å²) in [6.45, 7) is 0. The lowest BCUT2D eigenvalue weighted by molar-refractivity contribution is 0.0702. The van der Waals surface area contributed by atoms with Gasteiger partial charge in [0, 0.05) is 5.69 Å². The topological polar surface area (TPSA) is 125 Å². The van der Waals surface area contributed by atoms with Gasteiger partial charge in [-0.15, -0.1) is 11.3 Å². The number of aromatic nitrogens is 3. The average molecular weight is 318 g/mol. The van der Waals surface area contributed by atoms with Gasteiger partial charge in [0.2, 0.25) is 5.95 Å². The maximum absolute atomic E-state index is 11.7. The number of thiophene rings is 1. The van der Waals surface area contributed by atoms with Crippen LogP contribution in [0.4, 0.5) is 5.95 Å². The van der Waals surface area contributed by atoms with E-state index in [2.05, 4.69) is 15.0 Å². The Morgan fingerprint density at radius 2 is 2.14 bits per heavy atom. The number of anilines is 1. The van der Waals surface area contributed by atoms with Gasteiger partial charge in [-0.25, -0.2) is 4.79 Å². The van der Waals surface area contributed by atoms with Crippen molar-refractivity contribution in [1.82, 2.24) is 15.0 Å². The van der Waals surface area contributed by atoms with Crippen LogP contribution in [0.25, 0.3) is 11.0 Å². The number of fused-ring (bicyclic) bond motifs is 1. The van der Waals surface area contributed by atoms with E-state index in [1.54, 1.807) is 12.1 Å². The number of nitrogens with one attached hydrogen (secondary N) is 2. The average Bonchev–Trinajstić information content (AvgIpc) is 3.05. The van der Waals surface area contributed by atoms with Gasteiger partial charge < -0.3 is 15.8 Å². The number of aryl methyl sites for hydroxylation is 2. The Labute approximate surface area is 128 Å². The Kier molecular flexibility index (Phi) is 3.68. The molecule has 0 unspecified atom stereocenters. The zero-order chi connectivity index (χ0) is 15.7. The van der Waals surface area contributed by atoms with Crippen LogP contribution >= 0.6 is 11.3 Å². The van der Waals surface area contributed by atoms with Gasteiger partial charge in [0.1, 0.15) is 10.5 Å². The first kappa shape index (κ1) is 14.3. The van der Waals surface area contributed by atoms with Crippen molar-refractivity contribution in [3.63, 3.8) is 0 Å². The number of aromatic carboxylic acids is 1. The van der Waals surface area contributed by atoms with Gasteiger partial charge >= 0.3 is 5.97 Å². The van der Waals surface area contributed by atoms with E-state index < -0.39 is 5.97 Å². The van der Waals surface area contributed by atoms with Crippen molar-refractivity contribution >= 4 is 34.3 Å². The molecule has 0 aromatic carbocycles. The van der Waals surface area contributed by atoms with E-state index in [4.69, 9.17) is 10.8 Å². The minimum Gasteiger partial charge on any atom is -0.477 e. The molecule has 0 fully saturated rings. The molecule has 3 aromatic rings. The van der Waals surface area contributed by atoms with E-state index in [9.17, 15) is 9.59 Å². The summed E-state index contributed by atoms with van der Waals surface area (Å²) in [6.07, 6.45) is 2.37. The summed E-state index contributed by atoms with van der Waals surface area (Å²) in [6, 6.07) is 3.47. The second kappa shape index (κ2) is 5.64. The van der Waals surface area contributed by atoms with Gasteiger partial charge in [-0.05, 0) is 42.3 Å². The Balaban J connectivity index is 1.67. The summed E-state index contributed by atoms with van der Waals surface area (Å²) < 4.78 is 0. The van der Waals surface area contributed by atoms with Crippen LogP contribution in [0.15, 0.2) is 22.3 Å². The number of carboxylic acid groups (broad SMARTS) is 1. The van der Waals surface area contributed by atoms with E-state index in [0.717, 1.165) is 30.5 Å². The smallest absolute Gasteiger partial charge is 0.345 e. The van der Waals surface area contributed by atoms with E-state index in [1.807, 2.05) is 5.38 Å². The van der Waals surface area contributed by atoms with Crippen molar-refractivity contribution in [2.24, 2.45) is 0 Å². The number of aromatic amines is 2. The highest BCUT2D eigenvalue weighted by molar-refractivity contribution is 7.12. The standard InChI is InChI=1S/C14H14N4O3S/c15-14-17-11-9(12(19)18-14)5-8(16-11)3-1-2-7-4-10(13(20)21)22-6-7/h4-6H,1-3H2,(H,20,21)(H4,15,16,17,18,19). The van der Waals surface area contributed by atoms with Crippen molar-refractivity contribution in [2.75, 3.05) is 5.73 Å². The number of carbonyl (C=O) groups is 1. The summed E-state index contributed by atoms with van der Waals surface area (Å²) in [7, 11) is 0. The van der Waals surface area contributed by atoms with Crippen LogP contribution in [0.1, 0.15) is 27.3 Å². The maximum atomic E-state index is 11.7. The molecule has 0 amide bonds. The third kappa shape index (κ3) is 2.86. The zero-order valence-corrected chi connectivity index (χ0v) is 12.4. The number of hydrogen-bond donors (Lipinski definition) is 4. The van der Waals surface area contributed by atoms with Crippen LogP contribution in [0, 0.1) is 0 Å². The van der Waals surface area contributed by atoms with Crippen LogP contribution in [0.3, 0.4) is 0 Å². The highest BCUT2D eigenvalue weighted by Gasteiger charge is 2.09. The van der Waals surface area contributed by atoms with Gasteiger partial charge in [0.15, 0.2) is 0 Å². The molecule has 0 aliphatic rings. The number of carboxylic acids is 1. The largest absolute Gasteiger partial charge is 0.477 e. The zero-order valence-electron chi connectivity index (χ0n) is 11.5. The van der Waals surface area contributed by atoms with E-state index in [0.29, 0.717) is 15.9 Å². The molecule has 0 aliphatic heterocycles. The number of nitrogens with two attached hydrogens (primary N) is 1. The normalized spacial score (nSPS) is 11.1. The van der Waals surface area contributed by atoms with Crippen molar-refractivity contribution in [3.8, 4) is 0 Å². The van der Waals surface area contributed by atoms with Crippen molar-refractivity contribution in [1.29, 1.82) is 0 Å². The Morgan fingerprint density at radius 3 is 2.86 bits per heavy atom. The summed E-state index contributed by atoms with van der Waals surface area (Å²) in [4.78, 5) is 32.5. The molecule has 0 atom stereocenters. The highest BCUT2D eigenvalue weighted by atomic mass is 32.1. The molecule has 0 bridgehead atoms. The maximum Gasteiger partial charge on any atom is 0.345 e. The van der Waals surface area contributed by atoms with Crippen molar-refractivity contribution < 1.29 is 9.90 Å². The van der Waals surface area contributed by atoms with Gasteiger partial charge in [-0.1, -0.05) is 0 Å². The van der Waals surface area contributed by atoms with Crippen molar-refractivity contribution in [2.45, 2.75) is 19.3 Å². The minimum atomic E-state index is -0.894. The Hall–Kier alpha value is -2.61. The lowest BCUT2D eigenvalue weighted by Crippen LogP contribution is -2.09. The molecule has 3 rings (SSSR count). The quantitative estimate of drug-likeness (QED) is 0.570. The molecule has 7 nitrogen and oxygen atoms in total. The molecule has 22 heavy (non-hydrogen) atoms. The van der Waals surface area contributed by atoms with Crippen LogP contribution < -0.4 is 11.3 Å². The van der Waals surface area contributed by atoms with Crippen LogP contribution in [0.5, 0.6) is 0 Å². The molecule has 3 heterocycles. The molecule has 5 N–H and O–H groups in total. The number of hydrogen-bond acceptors (Lipinski definition) is 5. The molecular weight excluding hydrogens is 304 g/mol. The lowest BCUT2D eigenvalue weighted by atomic mass is 10.1. The van der Waals surface area contributed by atoms with Crippen molar-refractivity contribution in [3.05, 3.63) is 44.0 Å². The molecule has 114 valence electrons.